The third kappa shape index (κ3) is 4.30. The van der Waals surface area contributed by atoms with E-state index in [1.807, 2.05) is 30.5 Å². The van der Waals surface area contributed by atoms with Gasteiger partial charge in [-0.15, -0.1) is 0 Å². The van der Waals surface area contributed by atoms with Gasteiger partial charge >= 0.3 is 6.09 Å². The van der Waals surface area contributed by atoms with E-state index in [4.69, 9.17) is 4.74 Å². The number of aromatic nitrogens is 1. The Bertz CT molecular complexity index is 1120. The predicted molar refractivity (Wildman–Crippen MR) is 117 cm³/mol. The first-order valence-corrected chi connectivity index (χ1v) is 10.2. The smallest absolute Gasteiger partial charge is 0.407 e. The van der Waals surface area contributed by atoms with Gasteiger partial charge in [-0.3, -0.25) is 14.5 Å². The Kier molecular flexibility index (Phi) is 5.27. The number of fused-ring (bicyclic) bond motifs is 2. The van der Waals surface area contributed by atoms with Crippen LogP contribution in [0.3, 0.4) is 0 Å². The first kappa shape index (κ1) is 20.7. The maximum Gasteiger partial charge on any atom is 0.407 e. The molecule has 0 unspecified atom stereocenters. The van der Waals surface area contributed by atoms with Gasteiger partial charge < -0.3 is 15.0 Å². The van der Waals surface area contributed by atoms with E-state index in [2.05, 4.69) is 10.3 Å². The highest BCUT2D eigenvalue weighted by Gasteiger charge is 2.37. The number of carbonyl (C=O) groups excluding carboxylic acids is 3. The van der Waals surface area contributed by atoms with Crippen LogP contribution in [-0.4, -0.2) is 46.0 Å². The van der Waals surface area contributed by atoms with E-state index >= 15 is 0 Å². The van der Waals surface area contributed by atoms with Crippen molar-refractivity contribution in [2.45, 2.75) is 38.8 Å². The van der Waals surface area contributed by atoms with Crippen LogP contribution in [0.15, 0.2) is 54.7 Å². The summed E-state index contributed by atoms with van der Waals surface area (Å²) in [7, 11) is 0. The molecular weight excluding hydrogens is 394 g/mol. The molecule has 4 rings (SSSR count). The molecule has 2 heterocycles. The SMILES string of the molecule is CC(C)(C)OC(=O)N[C@@H](Cc1c[nH]c2ccccc12)CN1C(=O)c2ccccc2C1=O. The number of alkyl carbamates (subject to hydrolysis) is 1. The quantitative estimate of drug-likeness (QED) is 0.614. The number of para-hydroxylation sites is 1. The molecule has 0 spiro atoms. The lowest BCUT2D eigenvalue weighted by molar-refractivity contribution is 0.0468. The van der Waals surface area contributed by atoms with Crippen LogP contribution in [0.2, 0.25) is 0 Å². The van der Waals surface area contributed by atoms with E-state index in [0.717, 1.165) is 16.5 Å². The Morgan fingerprint density at radius 1 is 1.03 bits per heavy atom. The van der Waals surface area contributed by atoms with E-state index in [1.165, 1.54) is 4.90 Å². The van der Waals surface area contributed by atoms with Crippen molar-refractivity contribution in [2.24, 2.45) is 0 Å². The first-order chi connectivity index (χ1) is 14.7. The van der Waals surface area contributed by atoms with Crippen molar-refractivity contribution >= 4 is 28.8 Å². The highest BCUT2D eigenvalue weighted by molar-refractivity contribution is 6.21. The van der Waals surface area contributed by atoms with Gasteiger partial charge in [-0.05, 0) is 51.0 Å². The van der Waals surface area contributed by atoms with Crippen LogP contribution in [-0.2, 0) is 11.2 Å². The number of ether oxygens (including phenoxy) is 1. The summed E-state index contributed by atoms with van der Waals surface area (Å²) in [4.78, 5) is 42.6. The van der Waals surface area contributed by atoms with Crippen molar-refractivity contribution < 1.29 is 19.1 Å². The van der Waals surface area contributed by atoms with Gasteiger partial charge in [0.2, 0.25) is 0 Å². The molecule has 2 N–H and O–H groups in total. The highest BCUT2D eigenvalue weighted by Crippen LogP contribution is 2.24. The van der Waals surface area contributed by atoms with E-state index in [9.17, 15) is 14.4 Å². The summed E-state index contributed by atoms with van der Waals surface area (Å²) in [6.07, 6.45) is 1.72. The van der Waals surface area contributed by atoms with Crippen LogP contribution in [0.4, 0.5) is 4.79 Å². The van der Waals surface area contributed by atoms with Gasteiger partial charge in [0.15, 0.2) is 0 Å². The average molecular weight is 419 g/mol. The van der Waals surface area contributed by atoms with Crippen molar-refractivity contribution in [3.05, 3.63) is 71.4 Å². The van der Waals surface area contributed by atoms with Gasteiger partial charge in [0, 0.05) is 17.1 Å². The molecule has 0 saturated carbocycles. The Hall–Kier alpha value is -3.61. The van der Waals surface area contributed by atoms with Crippen molar-refractivity contribution in [3.8, 4) is 0 Å². The number of hydrogen-bond acceptors (Lipinski definition) is 4. The summed E-state index contributed by atoms with van der Waals surface area (Å²) in [6.45, 7) is 5.40. The van der Waals surface area contributed by atoms with Gasteiger partial charge in [0.25, 0.3) is 11.8 Å². The number of carbonyl (C=O) groups is 3. The third-order valence-electron chi connectivity index (χ3n) is 5.14. The molecule has 3 aromatic rings. The predicted octanol–water partition coefficient (Wildman–Crippen LogP) is 3.90. The van der Waals surface area contributed by atoms with Gasteiger partial charge in [0.1, 0.15) is 5.60 Å². The summed E-state index contributed by atoms with van der Waals surface area (Å²) < 4.78 is 5.41. The monoisotopic (exact) mass is 419 g/mol. The molecule has 0 saturated heterocycles. The molecule has 1 aliphatic heterocycles. The van der Waals surface area contributed by atoms with Crippen LogP contribution in [0.25, 0.3) is 10.9 Å². The molecule has 3 amide bonds. The Labute approximate surface area is 180 Å². The zero-order valence-corrected chi connectivity index (χ0v) is 17.8. The maximum atomic E-state index is 12.8. The molecule has 1 aliphatic rings. The number of nitrogens with one attached hydrogen (secondary N) is 2. The molecule has 31 heavy (non-hydrogen) atoms. The molecule has 2 aromatic carbocycles. The third-order valence-corrected chi connectivity index (χ3v) is 5.14. The normalized spacial score (nSPS) is 14.6. The van der Waals surface area contributed by atoms with Crippen molar-refractivity contribution in [1.29, 1.82) is 0 Å². The number of nitrogens with zero attached hydrogens (tertiary/aromatic N) is 1. The second-order valence-corrected chi connectivity index (χ2v) is 8.67. The molecule has 160 valence electrons. The molecule has 0 bridgehead atoms. The fourth-order valence-corrected chi connectivity index (χ4v) is 3.83. The van der Waals surface area contributed by atoms with Crippen LogP contribution < -0.4 is 5.32 Å². The van der Waals surface area contributed by atoms with Gasteiger partial charge in [-0.25, -0.2) is 4.79 Å². The van der Waals surface area contributed by atoms with Gasteiger partial charge in [-0.1, -0.05) is 30.3 Å². The Morgan fingerprint density at radius 2 is 1.65 bits per heavy atom. The minimum absolute atomic E-state index is 0.0467. The molecular formula is C24H25N3O4. The Balaban J connectivity index is 1.59. The molecule has 0 aliphatic carbocycles. The van der Waals surface area contributed by atoms with Crippen LogP contribution in [0, 0.1) is 0 Å². The summed E-state index contributed by atoms with van der Waals surface area (Å²) in [5, 5.41) is 3.88. The minimum atomic E-state index is -0.662. The van der Waals surface area contributed by atoms with Gasteiger partial charge in [0.05, 0.1) is 23.7 Å². The number of H-pyrrole nitrogens is 1. The average Bonchev–Trinajstić information content (AvgIpc) is 3.22. The summed E-state index contributed by atoms with van der Waals surface area (Å²) in [6, 6.07) is 14.1. The van der Waals surface area contributed by atoms with E-state index in [0.29, 0.717) is 17.5 Å². The zero-order chi connectivity index (χ0) is 22.2. The van der Waals surface area contributed by atoms with E-state index in [-0.39, 0.29) is 18.4 Å². The number of rotatable bonds is 5. The van der Waals surface area contributed by atoms with Gasteiger partial charge in [-0.2, -0.15) is 0 Å². The molecule has 0 fully saturated rings. The van der Waals surface area contributed by atoms with Crippen LogP contribution in [0.1, 0.15) is 47.1 Å². The number of benzene rings is 2. The highest BCUT2D eigenvalue weighted by atomic mass is 16.6. The Morgan fingerprint density at radius 3 is 2.29 bits per heavy atom. The number of aromatic amines is 1. The fraction of sp³-hybridized carbons (Fsp3) is 0.292. The molecule has 1 aromatic heterocycles. The molecule has 7 nitrogen and oxygen atoms in total. The van der Waals surface area contributed by atoms with Crippen LogP contribution >= 0.6 is 0 Å². The summed E-state index contributed by atoms with van der Waals surface area (Å²) in [5.74, 6) is -0.703. The van der Waals surface area contributed by atoms with E-state index < -0.39 is 17.7 Å². The second-order valence-electron chi connectivity index (χ2n) is 8.67. The van der Waals surface area contributed by atoms with Crippen molar-refractivity contribution in [1.82, 2.24) is 15.2 Å². The number of hydrogen-bond donors (Lipinski definition) is 2. The second kappa shape index (κ2) is 7.91. The van der Waals surface area contributed by atoms with E-state index in [1.54, 1.807) is 45.0 Å². The summed E-state index contributed by atoms with van der Waals surface area (Å²) >= 11 is 0. The van der Waals surface area contributed by atoms with Crippen molar-refractivity contribution in [2.75, 3.05) is 6.54 Å². The van der Waals surface area contributed by atoms with Crippen LogP contribution in [0.5, 0.6) is 0 Å². The number of imide groups is 1. The molecule has 1 atom stereocenters. The number of amides is 3. The lowest BCUT2D eigenvalue weighted by atomic mass is 10.0. The fourth-order valence-electron chi connectivity index (χ4n) is 3.83. The standard InChI is InChI=1S/C24H25N3O4/c1-24(2,3)31-23(30)26-16(12-15-13-25-20-11-7-6-8-17(15)20)14-27-21(28)18-9-4-5-10-19(18)22(27)29/h4-11,13,16,25H,12,14H2,1-3H3,(H,26,30)/t16-/m0/s1. The summed E-state index contributed by atoms with van der Waals surface area (Å²) in [5.41, 5.74) is 2.07. The minimum Gasteiger partial charge on any atom is -0.444 e. The first-order valence-electron chi connectivity index (χ1n) is 10.2. The molecule has 0 radical (unpaired) electrons. The van der Waals surface area contributed by atoms with Crippen molar-refractivity contribution in [3.63, 3.8) is 0 Å². The largest absolute Gasteiger partial charge is 0.444 e. The topological polar surface area (TPSA) is 91.5 Å². The molecule has 7 heteroatoms. The maximum absolute atomic E-state index is 12.8. The zero-order valence-electron chi connectivity index (χ0n) is 17.8. The lowest BCUT2D eigenvalue weighted by Gasteiger charge is -2.26. The lowest BCUT2D eigenvalue weighted by Crippen LogP contribution is -2.48.